The fourth-order valence-corrected chi connectivity index (χ4v) is 16.0. The summed E-state index contributed by atoms with van der Waals surface area (Å²) < 4.78 is 53.3. The summed E-state index contributed by atoms with van der Waals surface area (Å²) in [5.74, 6) is -4.04. The number of nitrogens with one attached hydrogen (secondary N) is 9. The number of hydrogen-bond acceptors (Lipinski definition) is 30. The zero-order valence-electron chi connectivity index (χ0n) is 74.2. The third-order valence-electron chi connectivity index (χ3n) is 22.6. The molecule has 0 spiro atoms. The van der Waals surface area contributed by atoms with Crippen LogP contribution in [0.5, 0.6) is 0 Å². The summed E-state index contributed by atoms with van der Waals surface area (Å²) in [5, 5.41) is 126. The second kappa shape index (κ2) is 60.5. The lowest BCUT2D eigenvalue weighted by molar-refractivity contribution is -0.270. The minimum atomic E-state index is -1.46. The third kappa shape index (κ3) is 42.4. The molecule has 1 aliphatic carbocycles. The van der Waals surface area contributed by atoms with Crippen LogP contribution in [-0.4, -0.2) is 349 Å². The number of ketones is 1. The van der Waals surface area contributed by atoms with E-state index in [0.29, 0.717) is 96.4 Å². The molecule has 19 N–H and O–H groups in total. The Balaban J connectivity index is 1.13. The van der Waals surface area contributed by atoms with E-state index in [-0.39, 0.29) is 189 Å². The number of aliphatic hydroxyl groups excluding tert-OH is 10. The van der Waals surface area contributed by atoms with Crippen molar-refractivity contribution in [3.05, 3.63) is 0 Å². The quantitative estimate of drug-likeness (QED) is 0.0296. The Morgan fingerprint density at radius 2 is 0.720 bits per heavy atom. The van der Waals surface area contributed by atoms with Gasteiger partial charge in [0, 0.05) is 156 Å². The first-order valence-corrected chi connectivity index (χ1v) is 45.2. The van der Waals surface area contributed by atoms with Crippen LogP contribution in [0.15, 0.2) is 0 Å². The van der Waals surface area contributed by atoms with Gasteiger partial charge in [0.05, 0.1) is 64.6 Å². The van der Waals surface area contributed by atoms with Crippen molar-refractivity contribution in [2.75, 3.05) is 112 Å². The molecule has 0 aromatic rings. The van der Waals surface area contributed by atoms with Crippen LogP contribution in [0.3, 0.4) is 0 Å². The number of nitrogens with zero attached hydrogens (tertiary/aromatic N) is 1. The van der Waals surface area contributed by atoms with E-state index in [2.05, 4.69) is 68.6 Å². The van der Waals surface area contributed by atoms with Crippen LogP contribution < -0.4 is 47.9 Å². The van der Waals surface area contributed by atoms with Crippen LogP contribution in [0.25, 0.3) is 0 Å². The maximum atomic E-state index is 14.4. The van der Waals surface area contributed by atoms with E-state index in [1.54, 1.807) is 0 Å². The van der Waals surface area contributed by atoms with Gasteiger partial charge in [-0.25, -0.2) is 0 Å². The largest absolute Gasteiger partial charge is 0.394 e. The molecule has 10 amide bonds. The van der Waals surface area contributed by atoms with Crippen molar-refractivity contribution < 1.29 is 146 Å². The number of amides is 10. The van der Waals surface area contributed by atoms with Crippen LogP contribution in [-0.2, 0) is 95.4 Å². The minimum Gasteiger partial charge on any atom is -0.394 e. The van der Waals surface area contributed by atoms with Crippen molar-refractivity contribution in [3.63, 3.8) is 0 Å². The summed E-state index contributed by atoms with van der Waals surface area (Å²) in [4.78, 5) is 143. The lowest BCUT2D eigenvalue weighted by Gasteiger charge is -2.42. The number of unbranched alkanes of at least 4 members (excludes halogenated alkanes) is 10. The van der Waals surface area contributed by atoms with E-state index >= 15 is 0 Å². The van der Waals surface area contributed by atoms with Gasteiger partial charge in [-0.3, -0.25) is 52.7 Å². The van der Waals surface area contributed by atoms with Crippen molar-refractivity contribution in [3.8, 4) is 0 Å². The normalized spacial score (nSPS) is 27.5. The number of rotatable bonds is 62. The summed E-state index contributed by atoms with van der Waals surface area (Å²) in [6.45, 7) is 10.3. The van der Waals surface area contributed by atoms with Gasteiger partial charge < -0.3 is 146 Å². The Bertz CT molecular complexity index is 3190. The van der Waals surface area contributed by atoms with Crippen LogP contribution in [0.1, 0.15) is 228 Å². The lowest BCUT2D eigenvalue weighted by atomic mass is 9.75. The van der Waals surface area contributed by atoms with E-state index < -0.39 is 160 Å². The molecule has 720 valence electrons. The van der Waals surface area contributed by atoms with Gasteiger partial charge in [-0.15, -0.1) is 0 Å². The van der Waals surface area contributed by atoms with E-state index in [1.807, 2.05) is 4.90 Å². The van der Waals surface area contributed by atoms with Crippen molar-refractivity contribution in [1.82, 2.24) is 52.8 Å². The number of aliphatic hydroxyl groups is 10. The smallest absolute Gasteiger partial charge is 0.222 e. The highest BCUT2D eigenvalue weighted by Crippen LogP contribution is 2.37. The molecule has 1 saturated carbocycles. The highest BCUT2D eigenvalue weighted by Gasteiger charge is 2.49. The summed E-state index contributed by atoms with van der Waals surface area (Å²) in [5.41, 5.74) is 0.0360. The summed E-state index contributed by atoms with van der Waals surface area (Å²) in [7, 11) is 0. The molecular formula is C85H150N10O30. The molecule has 4 heterocycles. The van der Waals surface area contributed by atoms with Crippen molar-refractivity contribution in [1.29, 1.82) is 0 Å². The molecule has 5 rings (SSSR count). The summed E-state index contributed by atoms with van der Waals surface area (Å²) in [6.07, 6.45) is -3.92. The van der Waals surface area contributed by atoms with Gasteiger partial charge in [0.25, 0.3) is 0 Å². The van der Waals surface area contributed by atoms with E-state index in [9.17, 15) is 104 Å². The molecule has 5 fully saturated rings. The summed E-state index contributed by atoms with van der Waals surface area (Å²) in [6, 6.07) is -3.23. The number of ether oxygens (including phenoxy) is 9. The van der Waals surface area contributed by atoms with E-state index in [4.69, 9.17) is 42.6 Å². The number of hydrogen-bond donors (Lipinski definition) is 19. The highest BCUT2D eigenvalue weighted by atomic mass is 16.7. The van der Waals surface area contributed by atoms with E-state index in [0.717, 1.165) is 51.4 Å². The SMILES string of the molecule is CC(=O)N[C@H]1[C@H](OCCCCC(=O)NCCCNC(=O)CCOC[C@H]2CC(C(=O)CCCCCCCCCCC(=O)N3C[C@H](O)C[C@H]3CC(C)(C)C)C[C@@H](OCCC(=O)NCCCNC(=O)CCCCO[C@@H]3O[C@H](CO)[C@H](O)[C@H](O)[C@H]3NC(C)=O)[C@@H]2OCCC(=O)NCCCNC(=O)CCCCO[C@@H]2O[C@H](CO)[C@H](O)[C@H](O)[C@H]2NC(C)=O)O[C@H](CO)[C@H](O)[C@@H]1O. The Labute approximate surface area is 734 Å². The Kier molecular flexibility index (Phi) is 52.8. The fraction of sp³-hybridized carbons (Fsp3) is 0.871. The number of Topliss-reactive ketones (excluding diaryl/α,β-unsaturated/α-hetero) is 1. The first-order valence-electron chi connectivity index (χ1n) is 45.2. The number of β-amino-alcohol motifs (C(OH)–C–C–N with tert-alkyl or cyclic N) is 1. The molecule has 125 heavy (non-hydrogen) atoms. The van der Waals surface area contributed by atoms with E-state index in [1.165, 1.54) is 20.8 Å². The van der Waals surface area contributed by atoms with Gasteiger partial charge in [-0.1, -0.05) is 59.3 Å². The van der Waals surface area contributed by atoms with Gasteiger partial charge in [0.2, 0.25) is 59.1 Å². The average Bonchev–Trinajstić information content (AvgIpc) is 1.59. The molecule has 1 unspecified atom stereocenters. The zero-order valence-corrected chi connectivity index (χ0v) is 74.2. The molecule has 0 aromatic carbocycles. The highest BCUT2D eigenvalue weighted by molar-refractivity contribution is 5.82. The second-order valence-corrected chi connectivity index (χ2v) is 34.6. The number of carbonyl (C=O) groups excluding carboxylic acids is 11. The fourth-order valence-electron chi connectivity index (χ4n) is 16.0. The first kappa shape index (κ1) is 109. The molecule has 4 aliphatic heterocycles. The van der Waals surface area contributed by atoms with Crippen molar-refractivity contribution >= 4 is 64.9 Å². The predicted octanol–water partition coefficient (Wildman–Crippen LogP) is -1.90. The molecule has 21 atom stereocenters. The molecular weight excluding hydrogens is 1640 g/mol. The molecule has 40 nitrogen and oxygen atoms in total. The second-order valence-electron chi connectivity index (χ2n) is 34.6. The molecule has 4 saturated heterocycles. The minimum absolute atomic E-state index is 0.0127. The van der Waals surface area contributed by atoms with Gasteiger partial charge in [-0.05, 0) is 102 Å². The molecule has 0 aromatic heterocycles. The van der Waals surface area contributed by atoms with Crippen LogP contribution in [0, 0.1) is 17.3 Å². The van der Waals surface area contributed by atoms with Crippen LogP contribution >= 0.6 is 0 Å². The Morgan fingerprint density at radius 3 is 1.09 bits per heavy atom. The van der Waals surface area contributed by atoms with Crippen molar-refractivity contribution in [2.24, 2.45) is 17.3 Å². The lowest BCUT2D eigenvalue weighted by Crippen LogP contribution is -2.64. The Hall–Kier alpha value is -6.39. The third-order valence-corrected chi connectivity index (χ3v) is 22.6. The number of likely N-dealkylation sites (tertiary alicyclic amines) is 1. The van der Waals surface area contributed by atoms with Crippen molar-refractivity contribution in [2.45, 2.75) is 344 Å². The molecule has 0 radical (unpaired) electrons. The number of carbonyl (C=O) groups is 11. The summed E-state index contributed by atoms with van der Waals surface area (Å²) >= 11 is 0. The molecule has 40 heteroatoms. The molecule has 5 aliphatic rings. The zero-order chi connectivity index (χ0) is 91.8. The van der Waals surface area contributed by atoms with Crippen LogP contribution in [0.2, 0.25) is 0 Å². The Morgan fingerprint density at radius 1 is 0.376 bits per heavy atom. The average molecular weight is 1790 g/mol. The van der Waals surface area contributed by atoms with Gasteiger partial charge in [0.1, 0.15) is 78.8 Å². The molecule has 0 bridgehead atoms. The maximum absolute atomic E-state index is 14.4. The predicted molar refractivity (Wildman–Crippen MR) is 449 cm³/mol. The first-order chi connectivity index (χ1) is 59.7. The topological polar surface area (TPSA) is 585 Å². The maximum Gasteiger partial charge on any atom is 0.222 e. The van der Waals surface area contributed by atoms with Gasteiger partial charge >= 0.3 is 0 Å². The monoisotopic (exact) mass is 1790 g/mol. The van der Waals surface area contributed by atoms with Gasteiger partial charge in [0.15, 0.2) is 18.9 Å². The standard InChI is InChI=1S/C85H150N10O30/c1-53(99)92-72-78(114)75(111)62(49-96)123-82(72)120-38-18-15-25-65(104)86-32-21-35-89-68(107)29-41-117-52-57-44-56(60(103)24-13-11-9-7-8-10-12-14-28-71(110)95-48-59(102)46-58(95)47-85(4,5)6)45-61(118-42-30-69(108)90-36-22-33-87-66(105)26-16-19-39-121-83-73(93-54(2)100)79(115)76(112)63(50-97)124-83)81(57)119-43-31-70(109)91-37-23-34-88-67(106)27-17-20-40-122-84-74(94-55(3)101)80(116)77(113)64(51-98)125-84/h56-59,61-64,72-84,96-98,102,111-116H,7-52H2,1-6H3,(H,86,104)(H,87,105)(H,88,106)(H,89,107)(H,90,108)(H,91,109)(H,92,99)(H,93,100)(H,94,101)/t56?,57-,58+,59-,61-,62-,63-,64-,72-,73-,74-,75+,76+,77+,78-,79-,80-,81-,82-,83-,84-/m1/s1. The van der Waals surface area contributed by atoms with Gasteiger partial charge in [-0.2, -0.15) is 0 Å². The van der Waals surface area contributed by atoms with Crippen LogP contribution in [0.4, 0.5) is 0 Å².